The molecule has 2 amide bonds. The molecular weight excluding hydrogens is 423 g/mol. The van der Waals surface area contributed by atoms with E-state index in [1.807, 2.05) is 16.7 Å². The van der Waals surface area contributed by atoms with Gasteiger partial charge in [-0.05, 0) is 29.8 Å². The summed E-state index contributed by atoms with van der Waals surface area (Å²) in [5, 5.41) is 2.17. The highest BCUT2D eigenvalue weighted by molar-refractivity contribution is 8.00. The molecule has 0 unspecified atom stereocenters. The molecule has 1 N–H and O–H groups in total. The molecule has 0 atom stereocenters. The third kappa shape index (κ3) is 6.40. The van der Waals surface area contributed by atoms with Crippen LogP contribution in [0.15, 0.2) is 47.6 Å². The van der Waals surface area contributed by atoms with Crippen molar-refractivity contribution in [2.24, 2.45) is 0 Å². The minimum Gasteiger partial charge on any atom is -0.341 e. The fourth-order valence-corrected chi connectivity index (χ4v) is 4.26. The van der Waals surface area contributed by atoms with Crippen molar-refractivity contribution in [2.75, 3.05) is 29.9 Å². The van der Waals surface area contributed by atoms with Gasteiger partial charge in [-0.1, -0.05) is 12.1 Å². The zero-order chi connectivity index (χ0) is 20.9. The molecule has 1 fully saturated rings. The minimum absolute atomic E-state index is 0.0614. The zero-order valence-electron chi connectivity index (χ0n) is 15.2. The van der Waals surface area contributed by atoms with Gasteiger partial charge in [0.15, 0.2) is 0 Å². The Labute approximate surface area is 174 Å². The molecule has 1 aliphatic rings. The molecule has 1 aliphatic heterocycles. The van der Waals surface area contributed by atoms with E-state index in [4.69, 9.17) is 0 Å². The van der Waals surface area contributed by atoms with Crippen molar-refractivity contribution in [3.8, 4) is 0 Å². The van der Waals surface area contributed by atoms with E-state index >= 15 is 0 Å². The quantitative estimate of drug-likeness (QED) is 0.709. The molecule has 0 bridgehead atoms. The van der Waals surface area contributed by atoms with Gasteiger partial charge in [0.25, 0.3) is 5.91 Å². The first-order chi connectivity index (χ1) is 13.8. The van der Waals surface area contributed by atoms with Crippen molar-refractivity contribution in [3.63, 3.8) is 0 Å². The number of rotatable bonds is 5. The lowest BCUT2D eigenvalue weighted by molar-refractivity contribution is -0.130. The standard InChI is InChI=1S/C19H18F3N3O2S2/c20-19(21,22)29-18-15(2-1-7-23-18)17(27)24-14-5-3-13(4-6-14)12-16(26)25-8-10-28-11-9-25/h1-7H,8-12H2,(H,24,27). The van der Waals surface area contributed by atoms with Crippen LogP contribution in [0, 0.1) is 0 Å². The maximum Gasteiger partial charge on any atom is 0.447 e. The zero-order valence-corrected chi connectivity index (χ0v) is 16.9. The van der Waals surface area contributed by atoms with Crippen LogP contribution in [0.2, 0.25) is 0 Å². The smallest absolute Gasteiger partial charge is 0.341 e. The molecule has 0 spiro atoms. The molecule has 1 aromatic heterocycles. The summed E-state index contributed by atoms with van der Waals surface area (Å²) in [4.78, 5) is 30.2. The number of halogens is 3. The van der Waals surface area contributed by atoms with Crippen LogP contribution in [0.3, 0.4) is 0 Å². The summed E-state index contributed by atoms with van der Waals surface area (Å²) in [6, 6.07) is 9.39. The number of hydrogen-bond donors (Lipinski definition) is 1. The number of aromatic nitrogens is 1. The largest absolute Gasteiger partial charge is 0.447 e. The highest BCUT2D eigenvalue weighted by Crippen LogP contribution is 2.37. The molecule has 10 heteroatoms. The molecular formula is C19H18F3N3O2S2. The van der Waals surface area contributed by atoms with E-state index in [9.17, 15) is 22.8 Å². The van der Waals surface area contributed by atoms with Crippen molar-refractivity contribution in [2.45, 2.75) is 17.0 Å². The van der Waals surface area contributed by atoms with Gasteiger partial charge in [0.05, 0.1) is 12.0 Å². The van der Waals surface area contributed by atoms with Crippen molar-refractivity contribution >= 4 is 41.0 Å². The van der Waals surface area contributed by atoms with E-state index in [0.29, 0.717) is 5.69 Å². The molecule has 2 heterocycles. The topological polar surface area (TPSA) is 62.3 Å². The van der Waals surface area contributed by atoms with Gasteiger partial charge in [-0.15, -0.1) is 0 Å². The van der Waals surface area contributed by atoms with Crippen molar-refractivity contribution in [1.82, 2.24) is 9.88 Å². The summed E-state index contributed by atoms with van der Waals surface area (Å²) in [5.74, 6) is 1.27. The third-order valence-electron chi connectivity index (χ3n) is 4.16. The normalized spacial score (nSPS) is 14.5. The second-order valence-electron chi connectivity index (χ2n) is 6.22. The van der Waals surface area contributed by atoms with Gasteiger partial charge in [-0.3, -0.25) is 9.59 Å². The van der Waals surface area contributed by atoms with Gasteiger partial charge in [0.2, 0.25) is 5.91 Å². The van der Waals surface area contributed by atoms with Gasteiger partial charge >= 0.3 is 5.51 Å². The molecule has 5 nitrogen and oxygen atoms in total. The van der Waals surface area contributed by atoms with Gasteiger partial charge in [0.1, 0.15) is 5.03 Å². The Hall–Kier alpha value is -2.20. The highest BCUT2D eigenvalue weighted by atomic mass is 32.2. The average Bonchev–Trinajstić information content (AvgIpc) is 2.69. The minimum atomic E-state index is -4.54. The first-order valence-electron chi connectivity index (χ1n) is 8.78. The van der Waals surface area contributed by atoms with Crippen molar-refractivity contribution in [3.05, 3.63) is 53.7 Å². The van der Waals surface area contributed by atoms with E-state index in [1.165, 1.54) is 18.3 Å². The number of amides is 2. The van der Waals surface area contributed by atoms with Crippen LogP contribution < -0.4 is 5.32 Å². The molecule has 1 aromatic carbocycles. The van der Waals surface area contributed by atoms with Crippen LogP contribution in [0.4, 0.5) is 18.9 Å². The molecule has 0 saturated carbocycles. The lowest BCUT2D eigenvalue weighted by atomic mass is 10.1. The number of pyridine rings is 1. The molecule has 0 radical (unpaired) electrons. The Kier molecular flexibility index (Phi) is 7.07. The lowest BCUT2D eigenvalue weighted by Gasteiger charge is -2.26. The fourth-order valence-electron chi connectivity index (χ4n) is 2.76. The van der Waals surface area contributed by atoms with Gasteiger partial charge in [-0.25, -0.2) is 4.98 Å². The molecule has 2 aromatic rings. The SMILES string of the molecule is O=C(Nc1ccc(CC(=O)N2CCSCC2)cc1)c1cccnc1SC(F)(F)F. The summed E-state index contributed by atoms with van der Waals surface area (Å²) in [6.45, 7) is 1.50. The van der Waals surface area contributed by atoms with E-state index in [-0.39, 0.29) is 17.9 Å². The Morgan fingerprint density at radius 2 is 1.83 bits per heavy atom. The van der Waals surface area contributed by atoms with Crippen molar-refractivity contribution < 1.29 is 22.8 Å². The Bertz CT molecular complexity index is 870. The third-order valence-corrected chi connectivity index (χ3v) is 5.85. The summed E-state index contributed by atoms with van der Waals surface area (Å²) < 4.78 is 38.0. The van der Waals surface area contributed by atoms with Crippen molar-refractivity contribution in [1.29, 1.82) is 0 Å². The molecule has 3 rings (SSSR count). The first kappa shape index (κ1) is 21.5. The second-order valence-corrected chi connectivity index (χ2v) is 8.50. The number of thioether (sulfide) groups is 2. The van der Waals surface area contributed by atoms with Gasteiger partial charge in [0, 0.05) is 48.2 Å². The van der Waals surface area contributed by atoms with E-state index in [2.05, 4.69) is 10.3 Å². The van der Waals surface area contributed by atoms with E-state index in [1.54, 1.807) is 24.3 Å². The lowest BCUT2D eigenvalue weighted by Crippen LogP contribution is -2.38. The highest BCUT2D eigenvalue weighted by Gasteiger charge is 2.32. The molecule has 29 heavy (non-hydrogen) atoms. The van der Waals surface area contributed by atoms with E-state index in [0.717, 1.165) is 30.2 Å². The predicted octanol–water partition coefficient (Wildman–Crippen LogP) is 4.06. The van der Waals surface area contributed by atoms with Crippen LogP contribution in [-0.4, -0.2) is 51.8 Å². The van der Waals surface area contributed by atoms with Crippen LogP contribution in [0.25, 0.3) is 0 Å². The fraction of sp³-hybridized carbons (Fsp3) is 0.316. The monoisotopic (exact) mass is 441 g/mol. The summed E-state index contributed by atoms with van der Waals surface area (Å²) >= 11 is 1.40. The maximum atomic E-state index is 12.7. The van der Waals surface area contributed by atoms with Crippen LogP contribution in [-0.2, 0) is 11.2 Å². The number of nitrogens with one attached hydrogen (secondary N) is 1. The summed E-state index contributed by atoms with van der Waals surface area (Å²) in [7, 11) is 0. The number of alkyl halides is 3. The van der Waals surface area contributed by atoms with Crippen LogP contribution in [0.1, 0.15) is 15.9 Å². The predicted molar refractivity (Wildman–Crippen MR) is 108 cm³/mol. The number of carbonyl (C=O) groups is 2. The molecule has 154 valence electrons. The summed E-state index contributed by atoms with van der Waals surface area (Å²) in [6.07, 6.45) is 1.48. The molecule has 0 aliphatic carbocycles. The summed E-state index contributed by atoms with van der Waals surface area (Å²) in [5.41, 5.74) is -3.46. The van der Waals surface area contributed by atoms with Crippen LogP contribution in [0.5, 0.6) is 0 Å². The van der Waals surface area contributed by atoms with Gasteiger partial charge in [-0.2, -0.15) is 24.9 Å². The van der Waals surface area contributed by atoms with Gasteiger partial charge < -0.3 is 10.2 Å². The number of hydrogen-bond acceptors (Lipinski definition) is 5. The number of carbonyl (C=O) groups excluding carboxylic acids is 2. The average molecular weight is 442 g/mol. The second kappa shape index (κ2) is 9.53. The Morgan fingerprint density at radius 1 is 1.14 bits per heavy atom. The maximum absolute atomic E-state index is 12.7. The van der Waals surface area contributed by atoms with Crippen LogP contribution >= 0.6 is 23.5 Å². The first-order valence-corrected chi connectivity index (χ1v) is 10.8. The van der Waals surface area contributed by atoms with E-state index < -0.39 is 28.2 Å². The Morgan fingerprint density at radius 3 is 2.48 bits per heavy atom. The number of nitrogens with zero attached hydrogens (tertiary/aromatic N) is 2. The number of benzene rings is 1. The molecule has 1 saturated heterocycles. The Balaban J connectivity index is 1.62. The number of anilines is 1.